The molecule has 0 bridgehead atoms. The molecule has 1 unspecified atom stereocenters. The maximum absolute atomic E-state index is 10.2. The topological polar surface area (TPSA) is 38.1 Å². The van der Waals surface area contributed by atoms with E-state index in [0.29, 0.717) is 12.2 Å². The number of rotatable bonds is 3. The minimum atomic E-state index is -0.546. The molecular formula is C14H18N2O. The van der Waals surface area contributed by atoms with Crippen LogP contribution in [-0.4, -0.2) is 14.7 Å². The van der Waals surface area contributed by atoms with E-state index in [2.05, 4.69) is 31.0 Å². The van der Waals surface area contributed by atoms with Crippen LogP contribution in [0.4, 0.5) is 0 Å². The Morgan fingerprint density at radius 1 is 1.29 bits per heavy atom. The van der Waals surface area contributed by atoms with Crippen LogP contribution in [0, 0.1) is 13.8 Å². The Morgan fingerprint density at radius 3 is 2.47 bits per heavy atom. The summed E-state index contributed by atoms with van der Waals surface area (Å²) in [4.78, 5) is 4.18. The van der Waals surface area contributed by atoms with Crippen LogP contribution in [-0.2, 0) is 13.5 Å². The first kappa shape index (κ1) is 11.9. The van der Waals surface area contributed by atoms with Crippen molar-refractivity contribution in [2.75, 3.05) is 0 Å². The second-order valence-corrected chi connectivity index (χ2v) is 4.49. The molecule has 17 heavy (non-hydrogen) atoms. The van der Waals surface area contributed by atoms with Gasteiger partial charge in [-0.05, 0) is 30.5 Å². The lowest BCUT2D eigenvalue weighted by atomic mass is 9.97. The van der Waals surface area contributed by atoms with Crippen LogP contribution in [0.2, 0.25) is 0 Å². The molecular weight excluding hydrogens is 212 g/mol. The first-order valence-corrected chi connectivity index (χ1v) is 5.80. The van der Waals surface area contributed by atoms with Crippen molar-refractivity contribution in [1.82, 2.24) is 9.55 Å². The van der Waals surface area contributed by atoms with Crippen LogP contribution < -0.4 is 0 Å². The van der Waals surface area contributed by atoms with E-state index in [-0.39, 0.29) is 0 Å². The Bertz CT molecular complexity index is 496. The summed E-state index contributed by atoms with van der Waals surface area (Å²) in [6, 6.07) is 6.20. The van der Waals surface area contributed by atoms with Gasteiger partial charge in [0.2, 0.25) is 0 Å². The minimum absolute atomic E-state index is 0.546. The summed E-state index contributed by atoms with van der Waals surface area (Å²) in [5.74, 6) is 0.715. The van der Waals surface area contributed by atoms with Crippen LogP contribution in [0.5, 0.6) is 0 Å². The van der Waals surface area contributed by atoms with Gasteiger partial charge in [0.25, 0.3) is 0 Å². The monoisotopic (exact) mass is 230 g/mol. The van der Waals surface area contributed by atoms with Gasteiger partial charge in [0.1, 0.15) is 11.9 Å². The Kier molecular flexibility index (Phi) is 3.29. The van der Waals surface area contributed by atoms with Gasteiger partial charge in [-0.15, -0.1) is 0 Å². The number of aromatic nitrogens is 2. The van der Waals surface area contributed by atoms with E-state index in [1.54, 1.807) is 6.20 Å². The molecule has 0 aliphatic heterocycles. The molecule has 3 nitrogen and oxygen atoms in total. The van der Waals surface area contributed by atoms with Crippen molar-refractivity contribution >= 4 is 0 Å². The minimum Gasteiger partial charge on any atom is -0.385 e. The zero-order chi connectivity index (χ0) is 12.4. The van der Waals surface area contributed by atoms with E-state index in [4.69, 9.17) is 0 Å². The molecule has 0 saturated carbocycles. The summed E-state index contributed by atoms with van der Waals surface area (Å²) in [5, 5.41) is 10.2. The third kappa shape index (κ3) is 2.39. The maximum atomic E-state index is 10.2. The van der Waals surface area contributed by atoms with Gasteiger partial charge in [-0.3, -0.25) is 0 Å². The molecule has 1 heterocycles. The second kappa shape index (κ2) is 4.72. The third-order valence-electron chi connectivity index (χ3n) is 3.20. The summed E-state index contributed by atoms with van der Waals surface area (Å²) in [6.45, 7) is 4.15. The van der Waals surface area contributed by atoms with Crippen molar-refractivity contribution in [2.24, 2.45) is 7.05 Å². The number of aryl methyl sites for hydroxylation is 3. The van der Waals surface area contributed by atoms with E-state index < -0.39 is 6.10 Å². The predicted molar refractivity (Wildman–Crippen MR) is 67.8 cm³/mol. The predicted octanol–water partition coefficient (Wildman–Crippen LogP) is 2.31. The normalized spacial score (nSPS) is 12.7. The number of aliphatic hydroxyl groups excluding tert-OH is 1. The SMILES string of the molecule is Cc1cccc(C)c1CC(O)c1nccn1C. The van der Waals surface area contributed by atoms with E-state index in [0.717, 1.165) is 0 Å². The molecule has 0 amide bonds. The molecule has 0 fully saturated rings. The van der Waals surface area contributed by atoms with Gasteiger partial charge in [-0.25, -0.2) is 4.98 Å². The molecule has 0 aliphatic rings. The summed E-state index contributed by atoms with van der Waals surface area (Å²) < 4.78 is 1.86. The van der Waals surface area contributed by atoms with Crippen LogP contribution in [0.15, 0.2) is 30.6 Å². The highest BCUT2D eigenvalue weighted by Gasteiger charge is 2.15. The molecule has 0 radical (unpaired) electrons. The molecule has 90 valence electrons. The largest absolute Gasteiger partial charge is 0.385 e. The molecule has 2 aromatic rings. The molecule has 1 aromatic heterocycles. The van der Waals surface area contributed by atoms with Gasteiger partial charge in [0.15, 0.2) is 0 Å². The highest BCUT2D eigenvalue weighted by atomic mass is 16.3. The highest BCUT2D eigenvalue weighted by molar-refractivity contribution is 5.34. The molecule has 1 aromatic carbocycles. The van der Waals surface area contributed by atoms with E-state index in [1.807, 2.05) is 23.9 Å². The average Bonchev–Trinajstić information content (AvgIpc) is 2.70. The molecule has 3 heteroatoms. The first-order chi connectivity index (χ1) is 8.09. The van der Waals surface area contributed by atoms with E-state index in [1.165, 1.54) is 16.7 Å². The maximum Gasteiger partial charge on any atom is 0.137 e. The Balaban J connectivity index is 2.25. The van der Waals surface area contributed by atoms with Gasteiger partial charge in [-0.2, -0.15) is 0 Å². The Morgan fingerprint density at radius 2 is 1.94 bits per heavy atom. The summed E-state index contributed by atoms with van der Waals surface area (Å²) in [7, 11) is 1.90. The van der Waals surface area contributed by atoms with Gasteiger partial charge in [0, 0.05) is 25.9 Å². The third-order valence-corrected chi connectivity index (χ3v) is 3.20. The van der Waals surface area contributed by atoms with Gasteiger partial charge in [-0.1, -0.05) is 18.2 Å². The highest BCUT2D eigenvalue weighted by Crippen LogP contribution is 2.21. The molecule has 1 N–H and O–H groups in total. The lowest BCUT2D eigenvalue weighted by Crippen LogP contribution is -2.10. The first-order valence-electron chi connectivity index (χ1n) is 5.80. The Labute approximate surface area is 102 Å². The molecule has 0 spiro atoms. The van der Waals surface area contributed by atoms with E-state index in [9.17, 15) is 5.11 Å². The second-order valence-electron chi connectivity index (χ2n) is 4.49. The summed E-state index contributed by atoms with van der Waals surface area (Å²) >= 11 is 0. The van der Waals surface area contributed by atoms with Crippen molar-refractivity contribution in [3.05, 3.63) is 53.1 Å². The number of benzene rings is 1. The van der Waals surface area contributed by atoms with Crippen molar-refractivity contribution in [3.63, 3.8) is 0 Å². The molecule has 0 saturated heterocycles. The average molecular weight is 230 g/mol. The lowest BCUT2D eigenvalue weighted by molar-refractivity contribution is 0.164. The number of nitrogens with zero attached hydrogens (tertiary/aromatic N) is 2. The van der Waals surface area contributed by atoms with Gasteiger partial charge < -0.3 is 9.67 Å². The number of hydrogen-bond donors (Lipinski definition) is 1. The Hall–Kier alpha value is -1.61. The number of imidazole rings is 1. The molecule has 2 rings (SSSR count). The van der Waals surface area contributed by atoms with Crippen LogP contribution in [0.3, 0.4) is 0 Å². The van der Waals surface area contributed by atoms with Crippen LogP contribution >= 0.6 is 0 Å². The van der Waals surface area contributed by atoms with Crippen LogP contribution in [0.25, 0.3) is 0 Å². The summed E-state index contributed by atoms with van der Waals surface area (Å²) in [5.41, 5.74) is 3.65. The van der Waals surface area contributed by atoms with E-state index >= 15 is 0 Å². The van der Waals surface area contributed by atoms with Gasteiger partial charge in [0.05, 0.1) is 0 Å². The zero-order valence-corrected chi connectivity index (χ0v) is 10.5. The van der Waals surface area contributed by atoms with Crippen molar-refractivity contribution in [3.8, 4) is 0 Å². The van der Waals surface area contributed by atoms with Crippen molar-refractivity contribution in [2.45, 2.75) is 26.4 Å². The number of aliphatic hydroxyl groups is 1. The summed E-state index contributed by atoms with van der Waals surface area (Å²) in [6.07, 6.45) is 3.63. The lowest BCUT2D eigenvalue weighted by Gasteiger charge is -2.14. The molecule has 0 aliphatic carbocycles. The standard InChI is InChI=1S/C14H18N2O/c1-10-5-4-6-11(2)12(10)9-13(17)14-15-7-8-16(14)3/h4-8,13,17H,9H2,1-3H3. The quantitative estimate of drug-likeness (QED) is 0.878. The van der Waals surface area contributed by atoms with Crippen molar-refractivity contribution < 1.29 is 5.11 Å². The van der Waals surface area contributed by atoms with Crippen LogP contribution in [0.1, 0.15) is 28.6 Å². The smallest absolute Gasteiger partial charge is 0.137 e. The fraction of sp³-hybridized carbons (Fsp3) is 0.357. The molecule has 1 atom stereocenters. The number of hydrogen-bond acceptors (Lipinski definition) is 2. The zero-order valence-electron chi connectivity index (χ0n) is 10.5. The fourth-order valence-electron chi connectivity index (χ4n) is 2.15. The fourth-order valence-corrected chi connectivity index (χ4v) is 2.15. The van der Waals surface area contributed by atoms with Crippen molar-refractivity contribution in [1.29, 1.82) is 0 Å². The van der Waals surface area contributed by atoms with Gasteiger partial charge >= 0.3 is 0 Å².